The molecule has 0 unspecified atom stereocenters. The Morgan fingerprint density at radius 1 is 1.14 bits per heavy atom. The highest BCUT2D eigenvalue weighted by Crippen LogP contribution is 2.20. The van der Waals surface area contributed by atoms with Gasteiger partial charge < -0.3 is 0 Å². The zero-order chi connectivity index (χ0) is 10.8. The third-order valence-corrected chi connectivity index (χ3v) is 3.86. The van der Waals surface area contributed by atoms with Gasteiger partial charge in [-0.15, -0.1) is 0 Å². The lowest BCUT2D eigenvalue weighted by Gasteiger charge is -1.97. The van der Waals surface area contributed by atoms with Crippen molar-refractivity contribution < 1.29 is 8.42 Å². The van der Waals surface area contributed by atoms with Crippen LogP contribution in [0.3, 0.4) is 0 Å². The van der Waals surface area contributed by atoms with E-state index in [1.54, 1.807) is 12.1 Å². The third-order valence-electron chi connectivity index (χ3n) is 1.51. The standard InChI is InChI=1S/C8H3IN2O2S/c9-14(12,13)8-2-1-6(4-10)7(3-8)5-11/h1-3H. The summed E-state index contributed by atoms with van der Waals surface area (Å²) in [6, 6.07) is 7.40. The van der Waals surface area contributed by atoms with Crippen molar-refractivity contribution in [1.82, 2.24) is 0 Å². The van der Waals surface area contributed by atoms with Gasteiger partial charge >= 0.3 is 0 Å². The van der Waals surface area contributed by atoms with Crippen molar-refractivity contribution >= 4 is 28.2 Å². The summed E-state index contributed by atoms with van der Waals surface area (Å²) >= 11 is 1.28. The quantitative estimate of drug-likeness (QED) is 0.581. The van der Waals surface area contributed by atoms with Gasteiger partial charge in [-0.3, -0.25) is 0 Å². The van der Waals surface area contributed by atoms with Crippen LogP contribution >= 0.6 is 21.2 Å². The molecule has 0 heterocycles. The summed E-state index contributed by atoms with van der Waals surface area (Å²) in [7, 11) is -3.35. The second kappa shape index (κ2) is 3.95. The second-order valence-corrected chi connectivity index (χ2v) is 7.19. The maximum absolute atomic E-state index is 11.1. The van der Waals surface area contributed by atoms with Gasteiger partial charge in [0.25, 0.3) is 0 Å². The Balaban J connectivity index is 3.47. The summed E-state index contributed by atoms with van der Waals surface area (Å²) < 4.78 is 22.2. The van der Waals surface area contributed by atoms with Gasteiger partial charge in [0.05, 0.1) is 37.2 Å². The van der Waals surface area contributed by atoms with Crippen molar-refractivity contribution in [2.75, 3.05) is 0 Å². The Hall–Kier alpha value is -1.12. The molecular weight excluding hydrogens is 315 g/mol. The molecule has 0 saturated heterocycles. The van der Waals surface area contributed by atoms with E-state index in [-0.39, 0.29) is 16.0 Å². The Morgan fingerprint density at radius 2 is 1.71 bits per heavy atom. The molecule has 0 aliphatic heterocycles. The highest BCUT2D eigenvalue weighted by atomic mass is 127. The molecule has 0 aliphatic rings. The summed E-state index contributed by atoms with van der Waals surface area (Å²) in [5.41, 5.74) is 0.251. The molecule has 0 saturated carbocycles. The van der Waals surface area contributed by atoms with E-state index in [2.05, 4.69) is 0 Å². The van der Waals surface area contributed by atoms with Crippen LogP contribution in [0.1, 0.15) is 11.1 Å². The van der Waals surface area contributed by atoms with Crippen molar-refractivity contribution in [3.8, 4) is 12.1 Å². The highest BCUT2D eigenvalue weighted by molar-refractivity contribution is 14.2. The fourth-order valence-corrected chi connectivity index (χ4v) is 2.18. The van der Waals surface area contributed by atoms with E-state index in [0.717, 1.165) is 0 Å². The molecular formula is C8H3IN2O2S. The predicted molar refractivity (Wildman–Crippen MR) is 57.1 cm³/mol. The van der Waals surface area contributed by atoms with Crippen LogP contribution in [0.15, 0.2) is 23.1 Å². The average molecular weight is 318 g/mol. The topological polar surface area (TPSA) is 81.7 Å². The first kappa shape index (κ1) is 11.0. The van der Waals surface area contributed by atoms with Gasteiger partial charge in [-0.25, -0.2) is 8.42 Å². The molecule has 1 aromatic carbocycles. The van der Waals surface area contributed by atoms with Gasteiger partial charge in [-0.05, 0) is 18.2 Å². The Bertz CT molecular complexity index is 552. The molecule has 6 heteroatoms. The van der Waals surface area contributed by atoms with Gasteiger partial charge in [-0.2, -0.15) is 10.5 Å². The summed E-state index contributed by atoms with van der Waals surface area (Å²) in [5.74, 6) is 0. The normalized spacial score (nSPS) is 10.2. The summed E-state index contributed by atoms with van der Waals surface area (Å²) in [5, 5.41) is 17.2. The van der Waals surface area contributed by atoms with Gasteiger partial charge in [0.1, 0.15) is 12.1 Å². The van der Waals surface area contributed by atoms with Crippen LogP contribution in [0, 0.1) is 22.7 Å². The Morgan fingerprint density at radius 3 is 2.14 bits per heavy atom. The van der Waals surface area contributed by atoms with E-state index < -0.39 is 7.01 Å². The third kappa shape index (κ3) is 2.22. The van der Waals surface area contributed by atoms with Crippen molar-refractivity contribution in [1.29, 1.82) is 10.5 Å². The maximum Gasteiger partial charge on any atom is 0.231 e. The number of hydrogen-bond donors (Lipinski definition) is 0. The summed E-state index contributed by atoms with van der Waals surface area (Å²) in [6.07, 6.45) is 0. The van der Waals surface area contributed by atoms with Crippen molar-refractivity contribution in [2.45, 2.75) is 4.90 Å². The molecule has 0 aliphatic carbocycles. The van der Waals surface area contributed by atoms with Gasteiger partial charge in [0.2, 0.25) is 7.01 Å². The molecule has 0 aromatic heterocycles. The SMILES string of the molecule is N#Cc1ccc(S(=O)(=O)I)cc1C#N. The highest BCUT2D eigenvalue weighted by Gasteiger charge is 2.11. The van der Waals surface area contributed by atoms with Crippen molar-refractivity contribution in [2.24, 2.45) is 0 Å². The summed E-state index contributed by atoms with van der Waals surface area (Å²) in [4.78, 5) is 0.0358. The average Bonchev–Trinajstić information content (AvgIpc) is 2.15. The van der Waals surface area contributed by atoms with E-state index in [1.165, 1.54) is 39.4 Å². The fraction of sp³-hybridized carbons (Fsp3) is 0. The monoisotopic (exact) mass is 318 g/mol. The lowest BCUT2D eigenvalue weighted by molar-refractivity contribution is 0.612. The molecule has 4 nitrogen and oxygen atoms in total. The van der Waals surface area contributed by atoms with Gasteiger partial charge in [-0.1, -0.05) is 0 Å². The minimum Gasteiger partial charge on any atom is -0.213 e. The number of nitriles is 2. The second-order valence-electron chi connectivity index (χ2n) is 2.37. The minimum atomic E-state index is -3.35. The zero-order valence-corrected chi connectivity index (χ0v) is 9.70. The molecule has 0 atom stereocenters. The molecule has 0 fully saturated rings. The van der Waals surface area contributed by atoms with Crippen LogP contribution in [0.5, 0.6) is 0 Å². The van der Waals surface area contributed by atoms with Crippen LogP contribution in [-0.4, -0.2) is 8.42 Å². The first-order chi connectivity index (χ1) is 6.49. The first-order valence-electron chi connectivity index (χ1n) is 3.38. The molecule has 14 heavy (non-hydrogen) atoms. The van der Waals surface area contributed by atoms with Crippen molar-refractivity contribution in [3.63, 3.8) is 0 Å². The van der Waals surface area contributed by atoms with E-state index in [1.807, 2.05) is 0 Å². The van der Waals surface area contributed by atoms with E-state index in [4.69, 9.17) is 10.5 Å². The fourth-order valence-electron chi connectivity index (χ4n) is 0.865. The van der Waals surface area contributed by atoms with Crippen LogP contribution in [0.2, 0.25) is 0 Å². The molecule has 0 N–H and O–H groups in total. The van der Waals surface area contributed by atoms with Gasteiger partial charge in [0.15, 0.2) is 0 Å². The van der Waals surface area contributed by atoms with Crippen LogP contribution in [0.25, 0.3) is 0 Å². The smallest absolute Gasteiger partial charge is 0.213 e. The number of rotatable bonds is 1. The molecule has 70 valence electrons. The molecule has 0 amide bonds. The van der Waals surface area contributed by atoms with E-state index >= 15 is 0 Å². The van der Waals surface area contributed by atoms with Gasteiger partial charge in [0, 0.05) is 0 Å². The van der Waals surface area contributed by atoms with Crippen LogP contribution in [-0.2, 0) is 7.01 Å². The number of benzene rings is 1. The first-order valence-corrected chi connectivity index (χ1v) is 7.40. The molecule has 1 rings (SSSR count). The maximum atomic E-state index is 11.1. The predicted octanol–water partition coefficient (Wildman–Crippen LogP) is 1.55. The largest absolute Gasteiger partial charge is 0.231 e. The van der Waals surface area contributed by atoms with Crippen molar-refractivity contribution in [3.05, 3.63) is 29.3 Å². The molecule has 0 bridgehead atoms. The number of halogens is 1. The van der Waals surface area contributed by atoms with Crippen LogP contribution in [0.4, 0.5) is 0 Å². The lowest BCUT2D eigenvalue weighted by Crippen LogP contribution is -1.92. The number of hydrogen-bond acceptors (Lipinski definition) is 4. The van der Waals surface area contributed by atoms with E-state index in [9.17, 15) is 8.42 Å². The molecule has 0 spiro atoms. The number of nitrogens with zero attached hydrogens (tertiary/aromatic N) is 2. The van der Waals surface area contributed by atoms with E-state index in [0.29, 0.717) is 0 Å². The minimum absolute atomic E-state index is 0.0358. The Labute approximate surface area is 93.3 Å². The zero-order valence-electron chi connectivity index (χ0n) is 6.73. The molecule has 0 radical (unpaired) electrons. The summed E-state index contributed by atoms with van der Waals surface area (Å²) in [6.45, 7) is 0. The lowest BCUT2D eigenvalue weighted by atomic mass is 10.1. The molecule has 1 aromatic rings. The van der Waals surface area contributed by atoms with Crippen LogP contribution < -0.4 is 0 Å². The Kier molecular flexibility index (Phi) is 3.09.